The third-order valence-corrected chi connectivity index (χ3v) is 8.76. The van der Waals surface area contributed by atoms with E-state index in [0.29, 0.717) is 24.0 Å². The van der Waals surface area contributed by atoms with Gasteiger partial charge in [-0.25, -0.2) is 13.6 Å². The number of nitrogens with one attached hydrogen (secondary N) is 4. The van der Waals surface area contributed by atoms with Crippen LogP contribution < -0.4 is 21.3 Å². The SMILES string of the molecule is CC(=O)N[C@H](C(=O)N[C@@H](CCC(=O)O)C(=O)N[C@@H](CC1CCCCC1)C(=O)NC(CC(F)F)C(=O)C(=O)O)C(c1ccccc1)c1ccccc1. The van der Waals surface area contributed by atoms with E-state index in [4.69, 9.17) is 5.11 Å². The molecule has 2 aromatic carbocycles. The first-order chi connectivity index (χ1) is 24.3. The van der Waals surface area contributed by atoms with Crippen LogP contribution in [0, 0.1) is 5.92 Å². The van der Waals surface area contributed by atoms with Crippen LogP contribution in [-0.4, -0.2) is 82.2 Å². The molecule has 1 unspecified atom stereocenters. The van der Waals surface area contributed by atoms with Crippen LogP contribution in [0.25, 0.3) is 0 Å². The van der Waals surface area contributed by atoms with Crippen LogP contribution >= 0.6 is 0 Å². The molecule has 0 heterocycles. The Balaban J connectivity index is 1.95. The summed E-state index contributed by atoms with van der Waals surface area (Å²) in [5.41, 5.74) is 1.31. The van der Waals surface area contributed by atoms with Crippen molar-refractivity contribution in [3.05, 3.63) is 71.8 Å². The highest BCUT2D eigenvalue weighted by Crippen LogP contribution is 2.29. The molecule has 0 aromatic heterocycles. The Morgan fingerprint density at radius 3 is 1.71 bits per heavy atom. The Morgan fingerprint density at radius 2 is 1.22 bits per heavy atom. The van der Waals surface area contributed by atoms with Gasteiger partial charge < -0.3 is 31.5 Å². The van der Waals surface area contributed by atoms with E-state index < -0.39 is 97.1 Å². The number of hydrogen-bond acceptors (Lipinski definition) is 7. The maximum absolute atomic E-state index is 14.1. The molecule has 0 spiro atoms. The summed E-state index contributed by atoms with van der Waals surface area (Å²) in [6.45, 7) is 1.22. The maximum Gasteiger partial charge on any atom is 0.374 e. The zero-order valence-corrected chi connectivity index (χ0v) is 28.2. The van der Waals surface area contributed by atoms with E-state index in [1.54, 1.807) is 60.7 Å². The highest BCUT2D eigenvalue weighted by molar-refractivity contribution is 6.35. The van der Waals surface area contributed by atoms with Crippen molar-refractivity contribution in [1.82, 2.24) is 21.3 Å². The third-order valence-electron chi connectivity index (χ3n) is 8.76. The third kappa shape index (κ3) is 12.9. The van der Waals surface area contributed by atoms with Gasteiger partial charge in [0.15, 0.2) is 0 Å². The summed E-state index contributed by atoms with van der Waals surface area (Å²) in [6.07, 6.45) is -1.39. The lowest BCUT2D eigenvalue weighted by Gasteiger charge is -2.31. The van der Waals surface area contributed by atoms with Crippen molar-refractivity contribution < 1.29 is 52.6 Å². The number of carbonyl (C=O) groups excluding carboxylic acids is 5. The van der Waals surface area contributed by atoms with E-state index in [-0.39, 0.29) is 12.3 Å². The first kappa shape index (κ1) is 40.2. The minimum atomic E-state index is -3.13. The number of rotatable bonds is 19. The molecule has 6 N–H and O–H groups in total. The highest BCUT2D eigenvalue weighted by Gasteiger charge is 2.37. The Morgan fingerprint density at radius 1 is 0.706 bits per heavy atom. The maximum atomic E-state index is 14.1. The summed E-state index contributed by atoms with van der Waals surface area (Å²) in [5.74, 6) is -9.25. The summed E-state index contributed by atoms with van der Waals surface area (Å²) in [4.78, 5) is 88.8. The molecular formula is C36H44F2N4O9. The fourth-order valence-corrected chi connectivity index (χ4v) is 6.31. The quantitative estimate of drug-likeness (QED) is 0.118. The Labute approximate surface area is 293 Å². The van der Waals surface area contributed by atoms with E-state index >= 15 is 0 Å². The van der Waals surface area contributed by atoms with Crippen molar-refractivity contribution >= 4 is 41.4 Å². The second-order valence-corrected chi connectivity index (χ2v) is 12.6. The molecular weight excluding hydrogens is 670 g/mol. The highest BCUT2D eigenvalue weighted by atomic mass is 19.3. The number of carboxylic acids is 2. The van der Waals surface area contributed by atoms with Gasteiger partial charge in [0.05, 0.1) is 0 Å². The van der Waals surface area contributed by atoms with Gasteiger partial charge in [-0.05, 0) is 29.9 Å². The number of carbonyl (C=O) groups is 7. The van der Waals surface area contributed by atoms with E-state index in [9.17, 15) is 47.4 Å². The van der Waals surface area contributed by atoms with Gasteiger partial charge in [-0.3, -0.25) is 28.8 Å². The topological polar surface area (TPSA) is 208 Å². The predicted octanol–water partition coefficient (Wildman–Crippen LogP) is 2.92. The number of halogens is 2. The number of ketones is 1. The van der Waals surface area contributed by atoms with Gasteiger partial charge in [0.1, 0.15) is 24.2 Å². The van der Waals surface area contributed by atoms with E-state index in [1.165, 1.54) is 6.92 Å². The fourth-order valence-electron chi connectivity index (χ4n) is 6.31. The number of benzene rings is 2. The van der Waals surface area contributed by atoms with Gasteiger partial charge >= 0.3 is 11.9 Å². The lowest BCUT2D eigenvalue weighted by Crippen LogP contribution is -2.59. The van der Waals surface area contributed by atoms with Crippen LogP contribution in [0.1, 0.15) is 81.8 Å². The Hall–Kier alpha value is -5.21. The van der Waals surface area contributed by atoms with E-state index in [0.717, 1.165) is 19.3 Å². The zero-order valence-electron chi connectivity index (χ0n) is 28.2. The standard InChI is InChI=1S/C36H44F2N4O9/c1-21(43)39-31(30(23-13-7-3-8-14-23)24-15-9-4-10-16-24)35(49)40-25(17-18-29(44)45)33(47)42-27(19-22-11-5-2-6-12-22)34(48)41-26(20-28(37)38)32(46)36(50)51/h3-4,7-10,13-16,22,25-28,30-31H,2,5-6,11-12,17-20H2,1H3,(H,39,43)(H,40,49)(H,41,48)(H,42,47)(H,44,45)(H,50,51)/t25-,26?,27-,31-/m0/s1. The van der Waals surface area contributed by atoms with E-state index in [1.807, 2.05) is 0 Å². The van der Waals surface area contributed by atoms with Gasteiger partial charge in [-0.2, -0.15) is 0 Å². The largest absolute Gasteiger partial charge is 0.481 e. The smallest absolute Gasteiger partial charge is 0.374 e. The molecule has 1 aliphatic rings. The summed E-state index contributed by atoms with van der Waals surface area (Å²) in [5, 5.41) is 28.3. The van der Waals surface area contributed by atoms with Gasteiger partial charge in [0.2, 0.25) is 30.1 Å². The molecule has 276 valence electrons. The summed E-state index contributed by atoms with van der Waals surface area (Å²) in [7, 11) is 0. The molecule has 4 amide bonds. The van der Waals surface area contributed by atoms with Crippen molar-refractivity contribution in [3.63, 3.8) is 0 Å². The first-order valence-electron chi connectivity index (χ1n) is 16.8. The molecule has 4 atom stereocenters. The molecule has 1 aliphatic carbocycles. The molecule has 0 saturated heterocycles. The van der Waals surface area contributed by atoms with Crippen molar-refractivity contribution in [2.75, 3.05) is 0 Å². The molecule has 0 aliphatic heterocycles. The number of alkyl halides is 2. The molecule has 1 fully saturated rings. The number of aliphatic carboxylic acids is 2. The molecule has 2 aromatic rings. The van der Waals surface area contributed by atoms with Crippen LogP contribution in [0.4, 0.5) is 8.78 Å². The minimum Gasteiger partial charge on any atom is -0.481 e. The molecule has 0 radical (unpaired) electrons. The predicted molar refractivity (Wildman–Crippen MR) is 179 cm³/mol. The van der Waals surface area contributed by atoms with Crippen LogP contribution in [0.5, 0.6) is 0 Å². The molecule has 3 rings (SSSR count). The average Bonchev–Trinajstić information content (AvgIpc) is 3.09. The van der Waals surface area contributed by atoms with Gasteiger partial charge in [-0.15, -0.1) is 0 Å². The number of amides is 4. The molecule has 0 bridgehead atoms. The van der Waals surface area contributed by atoms with Gasteiger partial charge in [-0.1, -0.05) is 92.8 Å². The molecule has 51 heavy (non-hydrogen) atoms. The normalized spacial score (nSPS) is 15.5. The number of carboxylic acid groups (broad SMARTS) is 2. The first-order valence-corrected chi connectivity index (χ1v) is 16.8. The van der Waals surface area contributed by atoms with E-state index in [2.05, 4.69) is 21.3 Å². The summed E-state index contributed by atoms with van der Waals surface area (Å²) >= 11 is 0. The number of Topliss-reactive ketones (excluding diaryl/α,β-unsaturated/α-hetero) is 1. The second kappa shape index (κ2) is 19.8. The molecule has 15 heteroatoms. The van der Waals surface area contributed by atoms with Crippen molar-refractivity contribution in [2.24, 2.45) is 5.92 Å². The van der Waals surface area contributed by atoms with Crippen LogP contribution in [0.3, 0.4) is 0 Å². The van der Waals surface area contributed by atoms with Crippen LogP contribution in [0.2, 0.25) is 0 Å². The van der Waals surface area contributed by atoms with Crippen LogP contribution in [-0.2, 0) is 33.6 Å². The molecule has 13 nitrogen and oxygen atoms in total. The lowest BCUT2D eigenvalue weighted by molar-refractivity contribution is -0.151. The number of hydrogen-bond donors (Lipinski definition) is 6. The van der Waals surface area contributed by atoms with Crippen molar-refractivity contribution in [2.45, 2.75) is 101 Å². The van der Waals surface area contributed by atoms with Gasteiger partial charge in [0, 0.05) is 25.7 Å². The summed E-state index contributed by atoms with van der Waals surface area (Å²) in [6, 6.07) is 11.3. The molecule has 1 saturated carbocycles. The van der Waals surface area contributed by atoms with Crippen molar-refractivity contribution in [1.29, 1.82) is 0 Å². The fraction of sp³-hybridized carbons (Fsp3) is 0.472. The average molecular weight is 715 g/mol. The van der Waals surface area contributed by atoms with Crippen LogP contribution in [0.15, 0.2) is 60.7 Å². The minimum absolute atomic E-state index is 0.0123. The summed E-state index contributed by atoms with van der Waals surface area (Å²) < 4.78 is 26.5. The Kier molecular flexibility index (Phi) is 15.6. The lowest BCUT2D eigenvalue weighted by atomic mass is 9.84. The monoisotopic (exact) mass is 714 g/mol. The van der Waals surface area contributed by atoms with Gasteiger partial charge in [0.25, 0.3) is 5.78 Å². The van der Waals surface area contributed by atoms with Crippen molar-refractivity contribution in [3.8, 4) is 0 Å². The Bertz CT molecular complexity index is 1480. The zero-order chi connectivity index (χ0) is 37.5. The second-order valence-electron chi connectivity index (χ2n) is 12.6.